The van der Waals surface area contributed by atoms with E-state index < -0.39 is 0 Å². The lowest BCUT2D eigenvalue weighted by Gasteiger charge is -2.18. The third kappa shape index (κ3) is 5.36. The van der Waals surface area contributed by atoms with Gasteiger partial charge in [-0.25, -0.2) is 4.68 Å². The molecular formula is C13H24IN3. The van der Waals surface area contributed by atoms with Crippen LogP contribution < -0.4 is 0 Å². The van der Waals surface area contributed by atoms with Gasteiger partial charge >= 0.3 is 0 Å². The summed E-state index contributed by atoms with van der Waals surface area (Å²) in [4.78, 5) is 0. The third-order valence-electron chi connectivity index (χ3n) is 2.71. The predicted molar refractivity (Wildman–Crippen MR) is 80.0 cm³/mol. The number of rotatable bonds is 6. The Morgan fingerprint density at radius 1 is 1.18 bits per heavy atom. The molecule has 0 aromatic carbocycles. The molecule has 0 saturated carbocycles. The van der Waals surface area contributed by atoms with Gasteiger partial charge in [0, 0.05) is 6.54 Å². The minimum atomic E-state index is 0.294. The van der Waals surface area contributed by atoms with Crippen molar-refractivity contribution in [2.24, 2.45) is 5.41 Å². The van der Waals surface area contributed by atoms with Crippen LogP contribution in [0.15, 0.2) is 0 Å². The third-order valence-corrected chi connectivity index (χ3v) is 3.55. The van der Waals surface area contributed by atoms with E-state index in [1.54, 1.807) is 0 Å². The van der Waals surface area contributed by atoms with Crippen molar-refractivity contribution < 1.29 is 0 Å². The molecule has 1 heterocycles. The lowest BCUT2D eigenvalue weighted by Crippen LogP contribution is -2.15. The van der Waals surface area contributed by atoms with Crippen LogP contribution in [-0.4, -0.2) is 15.0 Å². The van der Waals surface area contributed by atoms with Crippen LogP contribution in [0, 0.1) is 9.12 Å². The maximum atomic E-state index is 4.26. The maximum absolute atomic E-state index is 4.26. The quantitative estimate of drug-likeness (QED) is 0.573. The zero-order valence-electron chi connectivity index (χ0n) is 11.5. The Morgan fingerprint density at radius 3 is 2.47 bits per heavy atom. The van der Waals surface area contributed by atoms with Gasteiger partial charge in [-0.3, -0.25) is 0 Å². The first-order valence-corrected chi connectivity index (χ1v) is 7.60. The molecule has 0 atom stereocenters. The van der Waals surface area contributed by atoms with Crippen LogP contribution in [0.3, 0.4) is 0 Å². The van der Waals surface area contributed by atoms with Crippen molar-refractivity contribution in [3.63, 3.8) is 0 Å². The summed E-state index contributed by atoms with van der Waals surface area (Å²) in [5.41, 5.74) is 1.60. The van der Waals surface area contributed by atoms with Crippen molar-refractivity contribution >= 4 is 22.6 Å². The molecule has 0 fully saturated rings. The standard InChI is InChI=1S/C13H24IN3/c1-5-6-7-8-9-17-11(10-13(2,3)4)12(14)15-16-17/h5-10H2,1-4H3. The molecule has 98 valence electrons. The minimum Gasteiger partial charge on any atom is -0.248 e. The smallest absolute Gasteiger partial charge is 0.146 e. The fourth-order valence-electron chi connectivity index (χ4n) is 1.85. The number of unbranched alkanes of at least 4 members (excludes halogenated alkanes) is 3. The summed E-state index contributed by atoms with van der Waals surface area (Å²) >= 11 is 2.30. The van der Waals surface area contributed by atoms with Gasteiger partial charge in [0.1, 0.15) is 3.70 Å². The van der Waals surface area contributed by atoms with Crippen molar-refractivity contribution in [1.82, 2.24) is 15.0 Å². The van der Waals surface area contributed by atoms with E-state index in [0.717, 1.165) is 16.7 Å². The molecule has 0 aliphatic carbocycles. The SMILES string of the molecule is CCCCCCn1nnc(I)c1CC(C)(C)C. The molecule has 1 aromatic heterocycles. The van der Waals surface area contributed by atoms with Gasteiger partial charge in [-0.05, 0) is 40.8 Å². The van der Waals surface area contributed by atoms with Crippen LogP contribution in [0.2, 0.25) is 0 Å². The first-order valence-electron chi connectivity index (χ1n) is 6.52. The molecule has 0 unspecified atom stereocenters. The molecule has 0 bridgehead atoms. The highest BCUT2D eigenvalue weighted by atomic mass is 127. The number of hydrogen-bond acceptors (Lipinski definition) is 2. The molecule has 0 saturated heterocycles. The normalized spacial score (nSPS) is 12.1. The van der Waals surface area contributed by atoms with Gasteiger partial charge in [-0.15, -0.1) is 5.10 Å². The molecule has 0 amide bonds. The highest BCUT2D eigenvalue weighted by Gasteiger charge is 2.18. The fourth-order valence-corrected chi connectivity index (χ4v) is 2.41. The van der Waals surface area contributed by atoms with Gasteiger partial charge in [0.05, 0.1) is 5.69 Å². The Morgan fingerprint density at radius 2 is 1.88 bits per heavy atom. The van der Waals surface area contributed by atoms with Crippen LogP contribution in [0.1, 0.15) is 59.1 Å². The van der Waals surface area contributed by atoms with E-state index >= 15 is 0 Å². The number of nitrogens with zero attached hydrogens (tertiary/aromatic N) is 3. The molecule has 0 spiro atoms. The summed E-state index contributed by atoms with van der Waals surface area (Å²) < 4.78 is 3.16. The maximum Gasteiger partial charge on any atom is 0.146 e. The van der Waals surface area contributed by atoms with E-state index in [1.165, 1.54) is 31.4 Å². The minimum absolute atomic E-state index is 0.294. The monoisotopic (exact) mass is 349 g/mol. The molecular weight excluding hydrogens is 325 g/mol. The Labute approximate surface area is 119 Å². The Bertz CT molecular complexity index is 339. The van der Waals surface area contributed by atoms with E-state index in [4.69, 9.17) is 0 Å². The topological polar surface area (TPSA) is 30.7 Å². The zero-order chi connectivity index (χ0) is 12.9. The van der Waals surface area contributed by atoms with Crippen LogP contribution in [-0.2, 0) is 13.0 Å². The van der Waals surface area contributed by atoms with E-state index in [-0.39, 0.29) is 0 Å². The zero-order valence-corrected chi connectivity index (χ0v) is 13.6. The van der Waals surface area contributed by atoms with Crippen molar-refractivity contribution in [2.75, 3.05) is 0 Å². The summed E-state index contributed by atoms with van der Waals surface area (Å²) in [6.45, 7) is 10.0. The van der Waals surface area contributed by atoms with Gasteiger partial charge in [0.2, 0.25) is 0 Å². The molecule has 1 aromatic rings. The second-order valence-corrected chi connectivity index (χ2v) is 6.87. The number of aromatic nitrogens is 3. The number of aryl methyl sites for hydroxylation is 1. The Hall–Kier alpha value is -0.130. The fraction of sp³-hybridized carbons (Fsp3) is 0.846. The van der Waals surface area contributed by atoms with Crippen LogP contribution in [0.4, 0.5) is 0 Å². The Kier molecular flexibility index (Phi) is 5.89. The van der Waals surface area contributed by atoms with Gasteiger partial charge in [-0.1, -0.05) is 52.2 Å². The summed E-state index contributed by atoms with van der Waals surface area (Å²) in [7, 11) is 0. The molecule has 3 nitrogen and oxygen atoms in total. The summed E-state index contributed by atoms with van der Waals surface area (Å²) in [5, 5.41) is 8.46. The molecule has 1 rings (SSSR count). The van der Waals surface area contributed by atoms with E-state index in [0.29, 0.717) is 5.41 Å². The van der Waals surface area contributed by atoms with Crippen molar-refractivity contribution in [2.45, 2.75) is 66.3 Å². The molecule has 0 aliphatic rings. The van der Waals surface area contributed by atoms with Crippen LogP contribution in [0.5, 0.6) is 0 Å². The molecule has 0 N–H and O–H groups in total. The van der Waals surface area contributed by atoms with E-state index in [2.05, 4.69) is 65.3 Å². The van der Waals surface area contributed by atoms with Crippen molar-refractivity contribution in [1.29, 1.82) is 0 Å². The van der Waals surface area contributed by atoms with Crippen LogP contribution in [0.25, 0.3) is 0 Å². The highest BCUT2D eigenvalue weighted by molar-refractivity contribution is 14.1. The molecule has 4 heteroatoms. The predicted octanol–water partition coefficient (Wildman–Crippen LogP) is 4.05. The van der Waals surface area contributed by atoms with Crippen molar-refractivity contribution in [3.8, 4) is 0 Å². The first-order chi connectivity index (χ1) is 7.94. The Balaban J connectivity index is 2.60. The summed E-state index contributed by atoms with van der Waals surface area (Å²) in [6, 6.07) is 0. The lowest BCUT2D eigenvalue weighted by molar-refractivity contribution is 0.387. The average Bonchev–Trinajstić information content (AvgIpc) is 2.54. The number of hydrogen-bond donors (Lipinski definition) is 0. The second-order valence-electron chi connectivity index (χ2n) is 5.85. The molecule has 0 aliphatic heterocycles. The summed E-state index contributed by atoms with van der Waals surface area (Å²) in [5.74, 6) is 0. The number of halogens is 1. The van der Waals surface area contributed by atoms with Crippen LogP contribution >= 0.6 is 22.6 Å². The lowest BCUT2D eigenvalue weighted by atomic mass is 9.91. The van der Waals surface area contributed by atoms with Gasteiger partial charge in [0.15, 0.2) is 0 Å². The van der Waals surface area contributed by atoms with E-state index in [1.807, 2.05) is 0 Å². The molecule has 0 radical (unpaired) electrons. The largest absolute Gasteiger partial charge is 0.248 e. The van der Waals surface area contributed by atoms with Gasteiger partial charge < -0.3 is 0 Å². The van der Waals surface area contributed by atoms with Gasteiger partial charge in [-0.2, -0.15) is 0 Å². The van der Waals surface area contributed by atoms with Gasteiger partial charge in [0.25, 0.3) is 0 Å². The summed E-state index contributed by atoms with van der Waals surface area (Å²) in [6.07, 6.45) is 6.16. The highest BCUT2D eigenvalue weighted by Crippen LogP contribution is 2.23. The second kappa shape index (κ2) is 6.71. The first kappa shape index (κ1) is 14.9. The van der Waals surface area contributed by atoms with Crippen molar-refractivity contribution in [3.05, 3.63) is 9.39 Å². The average molecular weight is 349 g/mol. The van der Waals surface area contributed by atoms with E-state index in [9.17, 15) is 0 Å². The molecule has 17 heavy (non-hydrogen) atoms.